The number of hydrogen-bond donors (Lipinski definition) is 0. The molecule has 4 rings (SSSR count). The van der Waals surface area contributed by atoms with Crippen molar-refractivity contribution in [3.63, 3.8) is 0 Å². The zero-order valence-electron chi connectivity index (χ0n) is 13.5. The molecule has 0 N–H and O–H groups in total. The molecule has 2 fully saturated rings. The number of rotatable bonds is 3. The summed E-state index contributed by atoms with van der Waals surface area (Å²) in [6.07, 6.45) is 2.50. The van der Waals surface area contributed by atoms with E-state index in [-0.39, 0.29) is 23.7 Å². The molecule has 5 heteroatoms. The largest absolute Gasteiger partial charge is 0.471 e. The molecule has 0 unspecified atom stereocenters. The molecule has 2 aromatic rings. The van der Waals surface area contributed by atoms with Crippen LogP contribution in [0.25, 0.3) is 10.9 Å². The Bertz CT molecular complexity index is 773. The summed E-state index contributed by atoms with van der Waals surface area (Å²) in [5, 5.41) is 1.09. The van der Waals surface area contributed by atoms with Crippen LogP contribution < -0.4 is 4.74 Å². The number of ketones is 1. The lowest BCUT2D eigenvalue weighted by molar-refractivity contribution is -0.146. The highest BCUT2D eigenvalue weighted by atomic mass is 16.5. The van der Waals surface area contributed by atoms with Crippen molar-refractivity contribution in [2.45, 2.75) is 31.8 Å². The van der Waals surface area contributed by atoms with E-state index in [4.69, 9.17) is 4.74 Å². The third kappa shape index (κ3) is 2.98. The normalized spacial score (nSPS) is 19.3. The number of aromatic nitrogens is 1. The maximum absolute atomic E-state index is 12.4. The molecule has 1 aliphatic heterocycles. The molecule has 1 amide bonds. The quantitative estimate of drug-likeness (QED) is 0.871. The van der Waals surface area contributed by atoms with E-state index in [0.717, 1.165) is 10.9 Å². The van der Waals surface area contributed by atoms with Crippen molar-refractivity contribution in [2.24, 2.45) is 5.92 Å². The number of fused-ring (bicyclic) bond motifs is 1. The van der Waals surface area contributed by atoms with Crippen LogP contribution >= 0.6 is 0 Å². The molecule has 1 saturated heterocycles. The van der Waals surface area contributed by atoms with Crippen LogP contribution in [-0.4, -0.2) is 40.8 Å². The Morgan fingerprint density at radius 3 is 2.62 bits per heavy atom. The van der Waals surface area contributed by atoms with E-state index in [2.05, 4.69) is 4.98 Å². The van der Waals surface area contributed by atoms with Crippen LogP contribution in [0, 0.1) is 5.92 Å². The predicted octanol–water partition coefficient (Wildman–Crippen LogP) is 2.58. The Morgan fingerprint density at radius 1 is 1.08 bits per heavy atom. The summed E-state index contributed by atoms with van der Waals surface area (Å²) in [4.78, 5) is 30.0. The highest BCUT2D eigenvalue weighted by Gasteiger charge is 2.37. The minimum atomic E-state index is 0.00725. The average molecular weight is 324 g/mol. The number of likely N-dealkylation sites (tertiary alicyclic amines) is 1. The number of amides is 1. The molecule has 2 heterocycles. The lowest BCUT2D eigenvalue weighted by Gasteiger charge is -2.41. The Morgan fingerprint density at radius 2 is 1.83 bits per heavy atom. The highest BCUT2D eigenvalue weighted by Crippen LogP contribution is 2.27. The van der Waals surface area contributed by atoms with Crippen molar-refractivity contribution in [2.75, 3.05) is 13.1 Å². The van der Waals surface area contributed by atoms with Crippen LogP contribution in [0.5, 0.6) is 5.88 Å². The Labute approximate surface area is 140 Å². The third-order valence-electron chi connectivity index (χ3n) is 4.91. The maximum Gasteiger partial charge on any atom is 0.225 e. The Kier molecular flexibility index (Phi) is 3.92. The van der Waals surface area contributed by atoms with Crippen molar-refractivity contribution in [1.82, 2.24) is 9.88 Å². The summed E-state index contributed by atoms with van der Waals surface area (Å²) in [6, 6.07) is 11.8. The van der Waals surface area contributed by atoms with Crippen LogP contribution in [0.4, 0.5) is 0 Å². The van der Waals surface area contributed by atoms with Crippen LogP contribution in [0.15, 0.2) is 36.4 Å². The Balaban J connectivity index is 1.32. The minimum absolute atomic E-state index is 0.00725. The number of carbonyl (C=O) groups excluding carboxylic acids is 2. The van der Waals surface area contributed by atoms with E-state index in [1.165, 1.54) is 0 Å². The molecular weight excluding hydrogens is 304 g/mol. The van der Waals surface area contributed by atoms with Gasteiger partial charge >= 0.3 is 0 Å². The molecule has 1 aromatic heterocycles. The molecule has 124 valence electrons. The molecule has 0 radical (unpaired) electrons. The minimum Gasteiger partial charge on any atom is -0.471 e. The molecule has 1 saturated carbocycles. The van der Waals surface area contributed by atoms with Crippen molar-refractivity contribution >= 4 is 22.6 Å². The number of nitrogens with zero attached hydrogens (tertiary/aromatic N) is 2. The van der Waals surface area contributed by atoms with Gasteiger partial charge in [0.2, 0.25) is 11.8 Å². The molecule has 1 aliphatic carbocycles. The van der Waals surface area contributed by atoms with E-state index in [9.17, 15) is 9.59 Å². The third-order valence-corrected chi connectivity index (χ3v) is 4.91. The van der Waals surface area contributed by atoms with Crippen LogP contribution in [0.2, 0.25) is 0 Å². The molecule has 0 bridgehead atoms. The zero-order chi connectivity index (χ0) is 16.5. The summed E-state index contributed by atoms with van der Waals surface area (Å²) < 4.78 is 5.88. The van der Waals surface area contributed by atoms with Crippen LogP contribution in [0.3, 0.4) is 0 Å². The fourth-order valence-electron chi connectivity index (χ4n) is 3.42. The summed E-state index contributed by atoms with van der Waals surface area (Å²) in [5.41, 5.74) is 0.911. The lowest BCUT2D eigenvalue weighted by Crippen LogP contribution is -2.57. The number of pyridine rings is 1. The zero-order valence-corrected chi connectivity index (χ0v) is 13.5. The van der Waals surface area contributed by atoms with E-state index < -0.39 is 0 Å². The van der Waals surface area contributed by atoms with Gasteiger partial charge in [0.25, 0.3) is 0 Å². The second-order valence-corrected chi connectivity index (χ2v) is 6.64. The van der Waals surface area contributed by atoms with Gasteiger partial charge in [0.15, 0.2) is 0 Å². The van der Waals surface area contributed by atoms with Crippen molar-refractivity contribution in [1.29, 1.82) is 0 Å². The maximum atomic E-state index is 12.4. The van der Waals surface area contributed by atoms with Crippen molar-refractivity contribution in [3.05, 3.63) is 36.4 Å². The molecule has 2 aliphatic rings. The predicted molar refractivity (Wildman–Crippen MR) is 89.7 cm³/mol. The number of para-hydroxylation sites is 1. The molecule has 5 nitrogen and oxygen atoms in total. The van der Waals surface area contributed by atoms with Gasteiger partial charge in [-0.2, -0.15) is 0 Å². The van der Waals surface area contributed by atoms with Gasteiger partial charge in [-0.25, -0.2) is 4.98 Å². The topological polar surface area (TPSA) is 59.5 Å². The number of Topliss-reactive ketones (excluding diaryl/α,β-unsaturated/α-hetero) is 1. The number of ether oxygens (including phenoxy) is 1. The first-order valence-electron chi connectivity index (χ1n) is 8.52. The number of hydrogen-bond acceptors (Lipinski definition) is 4. The highest BCUT2D eigenvalue weighted by molar-refractivity contribution is 5.85. The monoisotopic (exact) mass is 324 g/mol. The fraction of sp³-hybridized carbons (Fsp3) is 0.421. The van der Waals surface area contributed by atoms with E-state index in [0.29, 0.717) is 44.7 Å². The fourth-order valence-corrected chi connectivity index (χ4v) is 3.42. The molecule has 24 heavy (non-hydrogen) atoms. The van der Waals surface area contributed by atoms with Gasteiger partial charge in [0, 0.05) is 30.2 Å². The summed E-state index contributed by atoms with van der Waals surface area (Å²) in [7, 11) is 0. The van der Waals surface area contributed by atoms with E-state index >= 15 is 0 Å². The van der Waals surface area contributed by atoms with Gasteiger partial charge in [-0.05, 0) is 25.0 Å². The summed E-state index contributed by atoms with van der Waals surface area (Å²) >= 11 is 0. The first-order chi connectivity index (χ1) is 11.7. The first-order valence-corrected chi connectivity index (χ1v) is 8.52. The van der Waals surface area contributed by atoms with Gasteiger partial charge in [0.1, 0.15) is 11.9 Å². The van der Waals surface area contributed by atoms with Crippen molar-refractivity contribution in [3.8, 4) is 5.88 Å². The number of benzene rings is 1. The summed E-state index contributed by atoms with van der Waals surface area (Å²) in [5.74, 6) is 1.08. The van der Waals surface area contributed by atoms with Crippen LogP contribution in [0.1, 0.15) is 25.7 Å². The number of carbonyl (C=O) groups is 2. The average Bonchev–Trinajstić information content (AvgIpc) is 2.58. The first kappa shape index (κ1) is 15.1. The molecule has 0 atom stereocenters. The van der Waals surface area contributed by atoms with E-state index in [1.807, 2.05) is 41.3 Å². The lowest BCUT2D eigenvalue weighted by atomic mass is 9.86. The van der Waals surface area contributed by atoms with Gasteiger partial charge in [-0.15, -0.1) is 0 Å². The van der Waals surface area contributed by atoms with Gasteiger partial charge < -0.3 is 9.64 Å². The smallest absolute Gasteiger partial charge is 0.225 e. The molecule has 1 aromatic carbocycles. The molecule has 0 spiro atoms. The summed E-state index contributed by atoms with van der Waals surface area (Å²) in [6.45, 7) is 1.22. The SMILES string of the molecule is O=C1CCC(C(=O)N2CC(Oc3ccc4ccccc4n3)C2)CC1. The van der Waals surface area contributed by atoms with Gasteiger partial charge in [0.05, 0.1) is 18.6 Å². The van der Waals surface area contributed by atoms with Gasteiger partial charge in [-0.3, -0.25) is 9.59 Å². The standard InChI is InChI=1S/C19H20N2O3/c22-15-8-5-14(6-9-15)19(23)21-11-16(12-21)24-18-10-7-13-3-1-2-4-17(13)20-18/h1-4,7,10,14,16H,5-6,8-9,11-12H2. The molecular formula is C19H20N2O3. The second-order valence-electron chi connectivity index (χ2n) is 6.64. The van der Waals surface area contributed by atoms with E-state index in [1.54, 1.807) is 0 Å². The Hall–Kier alpha value is -2.43. The second kappa shape index (κ2) is 6.23. The van der Waals surface area contributed by atoms with Crippen molar-refractivity contribution < 1.29 is 14.3 Å². The van der Waals surface area contributed by atoms with Gasteiger partial charge in [-0.1, -0.05) is 18.2 Å². The van der Waals surface area contributed by atoms with Crippen LogP contribution in [-0.2, 0) is 9.59 Å².